The molecule has 1 aromatic rings. The van der Waals surface area contributed by atoms with Crippen molar-refractivity contribution < 1.29 is 14.6 Å². The van der Waals surface area contributed by atoms with Crippen molar-refractivity contribution >= 4 is 17.7 Å². The number of aromatic nitrogens is 2. The molecule has 7 nitrogen and oxygen atoms in total. The van der Waals surface area contributed by atoms with Gasteiger partial charge in [0.05, 0.1) is 16.7 Å². The van der Waals surface area contributed by atoms with Crippen LogP contribution < -0.4 is 10.6 Å². The van der Waals surface area contributed by atoms with E-state index in [1.54, 1.807) is 0 Å². The zero-order chi connectivity index (χ0) is 17.2. The van der Waals surface area contributed by atoms with Crippen molar-refractivity contribution in [3.8, 4) is 0 Å². The average Bonchev–Trinajstić information content (AvgIpc) is 2.61. The SMILES string of the molecule is CSc1ncc(C(=O)N[C@]2(C)CCOC3(CCNCC3)C2O)cn1. The van der Waals surface area contributed by atoms with E-state index in [0.29, 0.717) is 23.7 Å². The van der Waals surface area contributed by atoms with E-state index in [2.05, 4.69) is 20.6 Å². The lowest BCUT2D eigenvalue weighted by Gasteiger charge is -2.52. The van der Waals surface area contributed by atoms with Gasteiger partial charge in [0, 0.05) is 19.0 Å². The van der Waals surface area contributed by atoms with Gasteiger partial charge in [-0.3, -0.25) is 4.79 Å². The van der Waals surface area contributed by atoms with Crippen molar-refractivity contribution in [2.45, 2.75) is 48.6 Å². The number of hydrogen-bond acceptors (Lipinski definition) is 7. The first kappa shape index (κ1) is 17.6. The summed E-state index contributed by atoms with van der Waals surface area (Å²) in [4.78, 5) is 20.8. The molecule has 2 fully saturated rings. The highest BCUT2D eigenvalue weighted by molar-refractivity contribution is 7.98. The number of carbonyl (C=O) groups is 1. The summed E-state index contributed by atoms with van der Waals surface area (Å²) in [6, 6.07) is 0. The van der Waals surface area contributed by atoms with Crippen LogP contribution >= 0.6 is 11.8 Å². The van der Waals surface area contributed by atoms with E-state index in [1.807, 2.05) is 13.2 Å². The predicted octanol–water partition coefficient (Wildman–Crippen LogP) is 0.590. The molecule has 132 valence electrons. The van der Waals surface area contributed by atoms with Crippen molar-refractivity contribution in [2.24, 2.45) is 0 Å². The van der Waals surface area contributed by atoms with E-state index in [1.165, 1.54) is 24.2 Å². The lowest BCUT2D eigenvalue weighted by atomic mass is 9.73. The molecule has 2 saturated heterocycles. The number of aliphatic hydroxyl groups excluding tert-OH is 1. The van der Waals surface area contributed by atoms with Crippen LogP contribution in [0.4, 0.5) is 0 Å². The molecule has 8 heteroatoms. The van der Waals surface area contributed by atoms with E-state index >= 15 is 0 Å². The summed E-state index contributed by atoms with van der Waals surface area (Å²) in [5, 5.41) is 17.9. The number of aliphatic hydroxyl groups is 1. The standard InChI is InChI=1S/C16H24N4O3S/c1-15(20-12(21)11-9-18-14(24-2)19-10-11)5-8-23-16(13(15)22)3-6-17-7-4-16/h9-10,13,17,22H,3-8H2,1-2H3,(H,20,21)/t13?,15-/m1/s1. The maximum absolute atomic E-state index is 12.6. The highest BCUT2D eigenvalue weighted by atomic mass is 32.2. The maximum atomic E-state index is 12.6. The first-order valence-corrected chi connectivity index (χ1v) is 9.43. The van der Waals surface area contributed by atoms with Gasteiger partial charge in [0.1, 0.15) is 6.10 Å². The minimum Gasteiger partial charge on any atom is -0.388 e. The first-order valence-electron chi connectivity index (χ1n) is 8.20. The van der Waals surface area contributed by atoms with Crippen LogP contribution in [0.15, 0.2) is 17.6 Å². The van der Waals surface area contributed by atoms with Gasteiger partial charge >= 0.3 is 0 Å². The number of ether oxygens (including phenoxy) is 1. The minimum atomic E-state index is -0.754. The smallest absolute Gasteiger partial charge is 0.254 e. The molecule has 0 bridgehead atoms. The normalized spacial score (nSPS) is 29.4. The molecule has 24 heavy (non-hydrogen) atoms. The molecule has 1 aromatic heterocycles. The topological polar surface area (TPSA) is 96.4 Å². The van der Waals surface area contributed by atoms with Gasteiger partial charge in [-0.05, 0) is 45.5 Å². The second-order valence-electron chi connectivity index (χ2n) is 6.65. The predicted molar refractivity (Wildman–Crippen MR) is 91.1 cm³/mol. The molecular formula is C16H24N4O3S. The molecule has 0 radical (unpaired) electrons. The van der Waals surface area contributed by atoms with E-state index < -0.39 is 17.2 Å². The minimum absolute atomic E-state index is 0.268. The Hall–Kier alpha value is -1.22. The molecule has 3 N–H and O–H groups in total. The molecule has 0 saturated carbocycles. The van der Waals surface area contributed by atoms with Crippen molar-refractivity contribution in [2.75, 3.05) is 26.0 Å². The Morgan fingerprint density at radius 1 is 1.38 bits per heavy atom. The number of rotatable bonds is 3. The summed E-state index contributed by atoms with van der Waals surface area (Å²) in [6.07, 6.45) is 6.21. The van der Waals surface area contributed by atoms with Gasteiger partial charge in [0.2, 0.25) is 0 Å². The van der Waals surface area contributed by atoms with Gasteiger partial charge in [0.15, 0.2) is 5.16 Å². The van der Waals surface area contributed by atoms with E-state index in [4.69, 9.17) is 4.74 Å². The second kappa shape index (κ2) is 6.95. The highest BCUT2D eigenvalue weighted by Crippen LogP contribution is 2.38. The summed E-state index contributed by atoms with van der Waals surface area (Å²) < 4.78 is 5.96. The molecule has 3 heterocycles. The Labute approximate surface area is 146 Å². The van der Waals surface area contributed by atoms with Gasteiger partial charge in [-0.15, -0.1) is 0 Å². The summed E-state index contributed by atoms with van der Waals surface area (Å²) in [7, 11) is 0. The maximum Gasteiger partial charge on any atom is 0.254 e. The summed E-state index contributed by atoms with van der Waals surface area (Å²) in [5.74, 6) is -0.268. The lowest BCUT2D eigenvalue weighted by molar-refractivity contribution is -0.197. The number of thioether (sulfide) groups is 1. The molecule has 1 amide bonds. The Balaban J connectivity index is 1.75. The fourth-order valence-corrected chi connectivity index (χ4v) is 3.85. The number of nitrogens with zero attached hydrogens (tertiary/aromatic N) is 2. The number of hydrogen-bond donors (Lipinski definition) is 3. The Kier molecular flexibility index (Phi) is 5.10. The Bertz CT molecular complexity index is 586. The summed E-state index contributed by atoms with van der Waals surface area (Å²) >= 11 is 1.42. The van der Waals surface area contributed by atoms with Crippen LogP contribution in [0.2, 0.25) is 0 Å². The fraction of sp³-hybridized carbons (Fsp3) is 0.688. The zero-order valence-electron chi connectivity index (χ0n) is 14.0. The zero-order valence-corrected chi connectivity index (χ0v) is 14.9. The van der Waals surface area contributed by atoms with Gasteiger partial charge < -0.3 is 20.5 Å². The molecule has 1 unspecified atom stereocenters. The molecule has 3 rings (SSSR count). The average molecular weight is 352 g/mol. The van der Waals surface area contributed by atoms with E-state index in [-0.39, 0.29) is 5.91 Å². The second-order valence-corrected chi connectivity index (χ2v) is 7.42. The van der Waals surface area contributed by atoms with Gasteiger partial charge in [-0.1, -0.05) is 11.8 Å². The van der Waals surface area contributed by atoms with E-state index in [9.17, 15) is 9.90 Å². The summed E-state index contributed by atoms with van der Waals surface area (Å²) in [6.45, 7) is 4.03. The number of amides is 1. The monoisotopic (exact) mass is 352 g/mol. The lowest BCUT2D eigenvalue weighted by Crippen LogP contribution is -2.69. The fourth-order valence-electron chi connectivity index (χ4n) is 3.53. The largest absolute Gasteiger partial charge is 0.388 e. The van der Waals surface area contributed by atoms with Crippen LogP contribution in [0.1, 0.15) is 36.5 Å². The van der Waals surface area contributed by atoms with Crippen molar-refractivity contribution in [3.63, 3.8) is 0 Å². The third kappa shape index (κ3) is 3.28. The highest BCUT2D eigenvalue weighted by Gasteiger charge is 2.53. The van der Waals surface area contributed by atoms with Crippen molar-refractivity contribution in [3.05, 3.63) is 18.0 Å². The molecular weight excluding hydrogens is 328 g/mol. The molecule has 1 spiro atoms. The van der Waals surface area contributed by atoms with Crippen LogP contribution in [-0.2, 0) is 4.74 Å². The number of nitrogens with one attached hydrogen (secondary N) is 2. The van der Waals surface area contributed by atoms with Gasteiger partial charge in [0.25, 0.3) is 5.91 Å². The first-order chi connectivity index (χ1) is 11.5. The quantitative estimate of drug-likeness (QED) is 0.541. The Morgan fingerprint density at radius 2 is 2.04 bits per heavy atom. The van der Waals surface area contributed by atoms with Crippen LogP contribution in [0.3, 0.4) is 0 Å². The molecule has 2 aliphatic heterocycles. The third-order valence-corrected chi connectivity index (χ3v) is 5.61. The molecule has 0 aliphatic carbocycles. The van der Waals surface area contributed by atoms with Crippen LogP contribution in [0.25, 0.3) is 0 Å². The molecule has 0 aromatic carbocycles. The van der Waals surface area contributed by atoms with E-state index in [0.717, 1.165) is 25.9 Å². The number of carbonyl (C=O) groups excluding carboxylic acids is 1. The van der Waals surface area contributed by atoms with Gasteiger partial charge in [-0.25, -0.2) is 9.97 Å². The molecule has 2 aliphatic rings. The van der Waals surface area contributed by atoms with Crippen molar-refractivity contribution in [1.82, 2.24) is 20.6 Å². The van der Waals surface area contributed by atoms with Crippen LogP contribution in [0, 0.1) is 0 Å². The van der Waals surface area contributed by atoms with Crippen molar-refractivity contribution in [1.29, 1.82) is 0 Å². The van der Waals surface area contributed by atoms with Crippen LogP contribution in [0.5, 0.6) is 0 Å². The van der Waals surface area contributed by atoms with Crippen LogP contribution in [-0.4, -0.2) is 64.2 Å². The summed E-state index contributed by atoms with van der Waals surface area (Å²) in [5.41, 5.74) is -0.914. The van der Waals surface area contributed by atoms with Gasteiger partial charge in [-0.2, -0.15) is 0 Å². The number of piperidine rings is 1. The third-order valence-electron chi connectivity index (χ3n) is 5.03. The Morgan fingerprint density at radius 3 is 2.67 bits per heavy atom. The molecule has 2 atom stereocenters.